The average molecular weight is 363 g/mol. The van der Waals surface area contributed by atoms with Gasteiger partial charge < -0.3 is 10.1 Å². The lowest BCUT2D eigenvalue weighted by Crippen LogP contribution is -2.35. The Kier molecular flexibility index (Phi) is 4.82. The molecular formula is C20H21N5O2. The summed E-state index contributed by atoms with van der Waals surface area (Å²) >= 11 is 0. The molecule has 2 heterocycles. The first kappa shape index (κ1) is 17.2. The smallest absolute Gasteiger partial charge is 0.224 e. The van der Waals surface area contributed by atoms with Crippen LogP contribution in [-0.2, 0) is 17.6 Å². The molecule has 7 nitrogen and oxygen atoms in total. The molecule has 138 valence electrons. The van der Waals surface area contributed by atoms with Gasteiger partial charge in [0.2, 0.25) is 5.91 Å². The fourth-order valence-electron chi connectivity index (χ4n) is 3.25. The van der Waals surface area contributed by atoms with E-state index < -0.39 is 0 Å². The van der Waals surface area contributed by atoms with Gasteiger partial charge in [-0.2, -0.15) is 4.68 Å². The van der Waals surface area contributed by atoms with Crippen molar-refractivity contribution in [2.45, 2.75) is 19.8 Å². The van der Waals surface area contributed by atoms with Gasteiger partial charge in [0.1, 0.15) is 5.75 Å². The summed E-state index contributed by atoms with van der Waals surface area (Å²) in [6.07, 6.45) is 1.27. The third-order valence-electron chi connectivity index (χ3n) is 4.71. The predicted octanol–water partition coefficient (Wildman–Crippen LogP) is 1.88. The van der Waals surface area contributed by atoms with Crippen molar-refractivity contribution in [2.24, 2.45) is 5.92 Å². The molecule has 1 N–H and O–H groups in total. The van der Waals surface area contributed by atoms with Gasteiger partial charge in [-0.25, -0.2) is 0 Å². The van der Waals surface area contributed by atoms with Gasteiger partial charge in [0.15, 0.2) is 5.82 Å². The van der Waals surface area contributed by atoms with Crippen LogP contribution in [0.3, 0.4) is 0 Å². The molecule has 2 aromatic carbocycles. The molecule has 0 unspecified atom stereocenters. The fourth-order valence-corrected chi connectivity index (χ4v) is 3.25. The van der Waals surface area contributed by atoms with Gasteiger partial charge in [-0.1, -0.05) is 30.3 Å². The van der Waals surface area contributed by atoms with Crippen LogP contribution >= 0.6 is 0 Å². The molecule has 0 bridgehead atoms. The maximum absolute atomic E-state index is 12.3. The number of tetrazole rings is 1. The predicted molar refractivity (Wildman–Crippen MR) is 99.7 cm³/mol. The summed E-state index contributed by atoms with van der Waals surface area (Å²) in [6, 6.07) is 15.8. The molecule has 4 rings (SSSR count). The van der Waals surface area contributed by atoms with Crippen molar-refractivity contribution in [2.75, 3.05) is 13.2 Å². The summed E-state index contributed by atoms with van der Waals surface area (Å²) < 4.78 is 7.43. The Morgan fingerprint density at radius 2 is 2.04 bits per heavy atom. The zero-order chi connectivity index (χ0) is 18.6. The second-order valence-electron chi connectivity index (χ2n) is 6.77. The number of hydrogen-bond acceptors (Lipinski definition) is 5. The van der Waals surface area contributed by atoms with Crippen molar-refractivity contribution in [1.29, 1.82) is 0 Å². The minimum atomic E-state index is 0.0141. The van der Waals surface area contributed by atoms with Gasteiger partial charge in [0.05, 0.1) is 18.7 Å². The molecule has 0 saturated carbocycles. The Bertz CT molecular complexity index is 936. The van der Waals surface area contributed by atoms with E-state index in [9.17, 15) is 4.79 Å². The number of aryl methyl sites for hydroxylation is 1. The van der Waals surface area contributed by atoms with Crippen LogP contribution < -0.4 is 10.1 Å². The van der Waals surface area contributed by atoms with Crippen LogP contribution in [0.1, 0.15) is 17.0 Å². The molecule has 1 amide bonds. The van der Waals surface area contributed by atoms with Crippen molar-refractivity contribution in [3.05, 3.63) is 65.5 Å². The van der Waals surface area contributed by atoms with Crippen molar-refractivity contribution in [3.8, 4) is 11.4 Å². The lowest BCUT2D eigenvalue weighted by atomic mass is 9.96. The summed E-state index contributed by atoms with van der Waals surface area (Å²) in [7, 11) is 0. The van der Waals surface area contributed by atoms with Crippen LogP contribution in [0.15, 0.2) is 48.5 Å². The zero-order valence-corrected chi connectivity index (χ0v) is 15.1. The topological polar surface area (TPSA) is 81.9 Å². The number of fused-ring (bicyclic) bond motifs is 1. The maximum atomic E-state index is 12.3. The van der Waals surface area contributed by atoms with Crippen LogP contribution in [0.25, 0.3) is 5.69 Å². The molecule has 27 heavy (non-hydrogen) atoms. The number of ether oxygens (including phenoxy) is 1. The van der Waals surface area contributed by atoms with Gasteiger partial charge in [0.25, 0.3) is 0 Å². The molecule has 0 radical (unpaired) electrons. The van der Waals surface area contributed by atoms with Crippen molar-refractivity contribution in [3.63, 3.8) is 0 Å². The number of rotatable bonds is 5. The van der Waals surface area contributed by atoms with Crippen LogP contribution in [0.2, 0.25) is 0 Å². The highest BCUT2D eigenvalue weighted by Crippen LogP contribution is 2.26. The molecule has 1 aliphatic rings. The molecule has 1 aliphatic heterocycles. The van der Waals surface area contributed by atoms with Gasteiger partial charge in [-0.15, -0.1) is 5.10 Å². The van der Waals surface area contributed by atoms with E-state index in [0.29, 0.717) is 25.5 Å². The quantitative estimate of drug-likeness (QED) is 0.748. The Balaban J connectivity index is 1.29. The van der Waals surface area contributed by atoms with E-state index in [4.69, 9.17) is 4.74 Å². The van der Waals surface area contributed by atoms with E-state index in [1.807, 2.05) is 49.4 Å². The highest BCUT2D eigenvalue weighted by atomic mass is 16.5. The molecular weight excluding hydrogens is 342 g/mol. The van der Waals surface area contributed by atoms with Crippen molar-refractivity contribution < 1.29 is 9.53 Å². The molecule has 0 aliphatic carbocycles. The monoisotopic (exact) mass is 363 g/mol. The standard InChI is InChI=1S/C20H21N5O2/c1-14-22-23-24-25(14)18-8-6-15(7-9-18)11-20(26)21-12-16-10-17-4-2-3-5-19(17)27-13-16/h2-9,16H,10-13H2,1H3,(H,21,26)/t16-/m1/s1. The number of amides is 1. The van der Waals surface area contributed by atoms with Crippen molar-refractivity contribution >= 4 is 5.91 Å². The largest absolute Gasteiger partial charge is 0.493 e. The number of carbonyl (C=O) groups is 1. The van der Waals surface area contributed by atoms with E-state index in [0.717, 1.165) is 29.2 Å². The first-order chi connectivity index (χ1) is 13.2. The SMILES string of the molecule is Cc1nnnn1-c1ccc(CC(=O)NC[C@@H]2COc3ccccc3C2)cc1. The van der Waals surface area contributed by atoms with E-state index in [1.165, 1.54) is 5.56 Å². The Morgan fingerprint density at radius 3 is 2.81 bits per heavy atom. The van der Waals surface area contributed by atoms with Crippen molar-refractivity contribution in [1.82, 2.24) is 25.5 Å². The normalized spacial score (nSPS) is 15.7. The van der Waals surface area contributed by atoms with E-state index in [-0.39, 0.29) is 5.91 Å². The molecule has 3 aromatic rings. The lowest BCUT2D eigenvalue weighted by molar-refractivity contribution is -0.120. The van der Waals surface area contributed by atoms with Gasteiger partial charge >= 0.3 is 0 Å². The van der Waals surface area contributed by atoms with Crippen LogP contribution in [-0.4, -0.2) is 39.3 Å². The summed E-state index contributed by atoms with van der Waals surface area (Å²) in [5.74, 6) is 1.99. The van der Waals surface area contributed by atoms with Crippen LogP contribution in [0, 0.1) is 12.8 Å². The Hall–Kier alpha value is -3.22. The van der Waals surface area contributed by atoms with E-state index in [1.54, 1.807) is 4.68 Å². The number of nitrogens with one attached hydrogen (secondary N) is 1. The molecule has 0 fully saturated rings. The molecule has 0 spiro atoms. The number of nitrogens with zero attached hydrogens (tertiary/aromatic N) is 4. The lowest BCUT2D eigenvalue weighted by Gasteiger charge is -2.25. The first-order valence-corrected chi connectivity index (χ1v) is 9.01. The molecule has 1 atom stereocenters. The highest BCUT2D eigenvalue weighted by molar-refractivity contribution is 5.78. The third-order valence-corrected chi connectivity index (χ3v) is 4.71. The number of aromatic nitrogens is 4. The number of benzene rings is 2. The van der Waals surface area contributed by atoms with Gasteiger partial charge in [-0.3, -0.25) is 4.79 Å². The van der Waals surface area contributed by atoms with Crippen LogP contribution in [0.5, 0.6) is 5.75 Å². The maximum Gasteiger partial charge on any atom is 0.224 e. The number of hydrogen-bond donors (Lipinski definition) is 1. The first-order valence-electron chi connectivity index (χ1n) is 9.01. The summed E-state index contributed by atoms with van der Waals surface area (Å²) in [5, 5.41) is 14.5. The molecule has 7 heteroatoms. The van der Waals surface area contributed by atoms with Gasteiger partial charge in [0, 0.05) is 12.5 Å². The molecule has 1 aromatic heterocycles. The Labute approximate surface area is 157 Å². The fraction of sp³-hybridized carbons (Fsp3) is 0.300. The number of para-hydroxylation sites is 1. The third kappa shape index (κ3) is 3.97. The van der Waals surface area contributed by atoms with Crippen LogP contribution in [0.4, 0.5) is 0 Å². The summed E-state index contributed by atoms with van der Waals surface area (Å²) in [4.78, 5) is 12.3. The van der Waals surface area contributed by atoms with Gasteiger partial charge in [-0.05, 0) is 53.1 Å². The zero-order valence-electron chi connectivity index (χ0n) is 15.1. The second kappa shape index (κ2) is 7.57. The second-order valence-corrected chi connectivity index (χ2v) is 6.77. The Morgan fingerprint density at radius 1 is 1.22 bits per heavy atom. The van der Waals surface area contributed by atoms with E-state index in [2.05, 4.69) is 26.9 Å². The van der Waals surface area contributed by atoms with E-state index >= 15 is 0 Å². The average Bonchev–Trinajstić information content (AvgIpc) is 3.13. The minimum Gasteiger partial charge on any atom is -0.493 e. The summed E-state index contributed by atoms with van der Waals surface area (Å²) in [5.41, 5.74) is 3.03. The minimum absolute atomic E-state index is 0.0141. The summed E-state index contributed by atoms with van der Waals surface area (Å²) in [6.45, 7) is 3.10. The number of carbonyl (C=O) groups excluding carboxylic acids is 1. The highest BCUT2D eigenvalue weighted by Gasteiger charge is 2.20. The molecule has 0 saturated heterocycles.